The fourth-order valence-electron chi connectivity index (χ4n) is 2.83. The van der Waals surface area contributed by atoms with Crippen LogP contribution in [0.25, 0.3) is 0 Å². The fourth-order valence-corrected chi connectivity index (χ4v) is 2.83. The average Bonchev–Trinajstić information content (AvgIpc) is 2.70. The van der Waals surface area contributed by atoms with E-state index in [1.165, 1.54) is 25.7 Å². The molecular weight excluding hydrogens is 240 g/mol. The van der Waals surface area contributed by atoms with Gasteiger partial charge in [0.1, 0.15) is 0 Å². The molecule has 1 aliphatic rings. The molecule has 0 bridgehead atoms. The SMILES string of the molecule is Cc1nn(CCCCC2CCOCC2)c(C)c1C=O. The van der Waals surface area contributed by atoms with E-state index < -0.39 is 0 Å². The molecule has 4 nitrogen and oxygen atoms in total. The number of aldehydes is 1. The molecule has 0 N–H and O–H groups in total. The molecule has 0 amide bonds. The summed E-state index contributed by atoms with van der Waals surface area (Å²) in [4.78, 5) is 10.9. The molecule has 2 rings (SSSR count). The van der Waals surface area contributed by atoms with Crippen LogP contribution in [-0.2, 0) is 11.3 Å². The Kier molecular flexibility index (Phi) is 5.14. The number of unbranched alkanes of at least 4 members (excludes halogenated alkanes) is 1. The molecule has 0 radical (unpaired) electrons. The number of ether oxygens (including phenoxy) is 1. The fraction of sp³-hybridized carbons (Fsp3) is 0.733. The van der Waals surface area contributed by atoms with Gasteiger partial charge in [-0.3, -0.25) is 9.48 Å². The lowest BCUT2D eigenvalue weighted by Crippen LogP contribution is -2.15. The van der Waals surface area contributed by atoms with Crippen molar-refractivity contribution in [3.05, 3.63) is 17.0 Å². The van der Waals surface area contributed by atoms with Gasteiger partial charge in [-0.1, -0.05) is 12.8 Å². The predicted molar refractivity (Wildman–Crippen MR) is 74.5 cm³/mol. The van der Waals surface area contributed by atoms with Crippen molar-refractivity contribution < 1.29 is 9.53 Å². The number of rotatable bonds is 6. The summed E-state index contributed by atoms with van der Waals surface area (Å²) >= 11 is 0. The number of hydrogen-bond donors (Lipinski definition) is 0. The Morgan fingerprint density at radius 2 is 2.05 bits per heavy atom. The highest BCUT2D eigenvalue weighted by atomic mass is 16.5. The molecule has 1 aromatic heterocycles. The first-order valence-electron chi connectivity index (χ1n) is 7.29. The van der Waals surface area contributed by atoms with E-state index in [0.717, 1.165) is 55.3 Å². The summed E-state index contributed by atoms with van der Waals surface area (Å²) in [6.45, 7) is 6.66. The molecule has 1 fully saturated rings. The molecule has 0 aromatic carbocycles. The van der Waals surface area contributed by atoms with Crippen molar-refractivity contribution in [2.24, 2.45) is 5.92 Å². The maximum absolute atomic E-state index is 10.9. The molecular formula is C15H24N2O2. The lowest BCUT2D eigenvalue weighted by atomic mass is 9.94. The summed E-state index contributed by atoms with van der Waals surface area (Å²) in [6, 6.07) is 0. The molecule has 0 saturated carbocycles. The highest BCUT2D eigenvalue weighted by Crippen LogP contribution is 2.21. The largest absolute Gasteiger partial charge is 0.381 e. The minimum Gasteiger partial charge on any atom is -0.381 e. The predicted octanol–water partition coefficient (Wildman–Crippen LogP) is 2.91. The molecule has 1 aliphatic heterocycles. The normalized spacial score (nSPS) is 16.7. The highest BCUT2D eigenvalue weighted by Gasteiger charge is 2.13. The van der Waals surface area contributed by atoms with Gasteiger partial charge in [-0.15, -0.1) is 0 Å². The maximum Gasteiger partial charge on any atom is 0.153 e. The van der Waals surface area contributed by atoms with Crippen molar-refractivity contribution in [1.82, 2.24) is 9.78 Å². The van der Waals surface area contributed by atoms with Gasteiger partial charge in [0.05, 0.1) is 11.3 Å². The van der Waals surface area contributed by atoms with E-state index in [1.807, 2.05) is 18.5 Å². The maximum atomic E-state index is 10.9. The van der Waals surface area contributed by atoms with E-state index in [2.05, 4.69) is 5.10 Å². The second-order valence-electron chi connectivity index (χ2n) is 5.48. The topological polar surface area (TPSA) is 44.1 Å². The average molecular weight is 264 g/mol. The zero-order chi connectivity index (χ0) is 13.7. The van der Waals surface area contributed by atoms with Crippen LogP contribution in [0.3, 0.4) is 0 Å². The van der Waals surface area contributed by atoms with Crippen LogP contribution in [0.2, 0.25) is 0 Å². The van der Waals surface area contributed by atoms with Crippen LogP contribution in [0.1, 0.15) is 53.8 Å². The summed E-state index contributed by atoms with van der Waals surface area (Å²) in [7, 11) is 0. The number of aromatic nitrogens is 2. The van der Waals surface area contributed by atoms with E-state index in [1.54, 1.807) is 0 Å². The second kappa shape index (κ2) is 6.85. The third-order valence-corrected chi connectivity index (χ3v) is 4.13. The molecule has 1 aromatic rings. The second-order valence-corrected chi connectivity index (χ2v) is 5.48. The lowest BCUT2D eigenvalue weighted by molar-refractivity contribution is 0.0630. The summed E-state index contributed by atoms with van der Waals surface area (Å²) in [6.07, 6.45) is 7.01. The van der Waals surface area contributed by atoms with Crippen molar-refractivity contribution in [3.63, 3.8) is 0 Å². The van der Waals surface area contributed by atoms with E-state index in [4.69, 9.17) is 4.74 Å². The first-order chi connectivity index (χ1) is 9.22. The smallest absolute Gasteiger partial charge is 0.153 e. The molecule has 106 valence electrons. The van der Waals surface area contributed by atoms with Gasteiger partial charge in [0, 0.05) is 25.5 Å². The minimum absolute atomic E-state index is 0.754. The highest BCUT2D eigenvalue weighted by molar-refractivity contribution is 5.77. The van der Waals surface area contributed by atoms with Gasteiger partial charge in [-0.05, 0) is 39.0 Å². The summed E-state index contributed by atoms with van der Waals surface area (Å²) < 4.78 is 7.35. The zero-order valence-electron chi connectivity index (χ0n) is 12.0. The van der Waals surface area contributed by atoms with Crippen molar-refractivity contribution in [3.8, 4) is 0 Å². The van der Waals surface area contributed by atoms with Crippen LogP contribution in [0, 0.1) is 19.8 Å². The molecule has 19 heavy (non-hydrogen) atoms. The van der Waals surface area contributed by atoms with Crippen molar-refractivity contribution >= 4 is 6.29 Å². The van der Waals surface area contributed by atoms with Crippen LogP contribution < -0.4 is 0 Å². The quantitative estimate of drug-likeness (QED) is 0.586. The summed E-state index contributed by atoms with van der Waals surface area (Å²) in [5, 5.41) is 4.43. The van der Waals surface area contributed by atoms with Crippen molar-refractivity contribution in [2.45, 2.75) is 52.5 Å². The van der Waals surface area contributed by atoms with Gasteiger partial charge in [-0.2, -0.15) is 5.10 Å². The van der Waals surface area contributed by atoms with Gasteiger partial charge in [-0.25, -0.2) is 0 Å². The lowest BCUT2D eigenvalue weighted by Gasteiger charge is -2.21. The summed E-state index contributed by atoms with van der Waals surface area (Å²) in [5.74, 6) is 0.847. The Bertz CT molecular complexity index is 420. The van der Waals surface area contributed by atoms with Crippen LogP contribution in [0.4, 0.5) is 0 Å². The third-order valence-electron chi connectivity index (χ3n) is 4.13. The van der Waals surface area contributed by atoms with E-state index >= 15 is 0 Å². The number of hydrogen-bond acceptors (Lipinski definition) is 3. The van der Waals surface area contributed by atoms with E-state index in [0.29, 0.717) is 0 Å². The van der Waals surface area contributed by atoms with Crippen LogP contribution in [-0.4, -0.2) is 29.3 Å². The third kappa shape index (κ3) is 3.66. The Balaban J connectivity index is 1.74. The Labute approximate surface area is 115 Å². The number of carbonyl (C=O) groups excluding carboxylic acids is 1. The van der Waals surface area contributed by atoms with Gasteiger partial charge in [0.2, 0.25) is 0 Å². The van der Waals surface area contributed by atoms with Crippen molar-refractivity contribution in [2.75, 3.05) is 13.2 Å². The molecule has 0 spiro atoms. The van der Waals surface area contributed by atoms with Gasteiger partial charge >= 0.3 is 0 Å². The Hall–Kier alpha value is -1.16. The zero-order valence-corrected chi connectivity index (χ0v) is 12.0. The summed E-state index contributed by atoms with van der Waals surface area (Å²) in [5.41, 5.74) is 2.60. The molecule has 1 saturated heterocycles. The Morgan fingerprint density at radius 1 is 1.32 bits per heavy atom. The van der Waals surface area contributed by atoms with Gasteiger partial charge in [0.15, 0.2) is 6.29 Å². The Morgan fingerprint density at radius 3 is 2.68 bits per heavy atom. The molecule has 4 heteroatoms. The molecule has 2 heterocycles. The monoisotopic (exact) mass is 264 g/mol. The molecule has 0 aliphatic carbocycles. The van der Waals surface area contributed by atoms with Gasteiger partial charge < -0.3 is 4.74 Å². The standard InChI is InChI=1S/C15H24N2O2/c1-12-15(11-18)13(2)17(16-12)8-4-3-5-14-6-9-19-10-7-14/h11,14H,3-10H2,1-2H3. The number of aryl methyl sites for hydroxylation is 2. The number of carbonyl (C=O) groups is 1. The molecule has 0 atom stereocenters. The first-order valence-corrected chi connectivity index (χ1v) is 7.29. The minimum atomic E-state index is 0.754. The van der Waals surface area contributed by atoms with Crippen LogP contribution >= 0.6 is 0 Å². The first kappa shape index (κ1) is 14.3. The van der Waals surface area contributed by atoms with Crippen molar-refractivity contribution in [1.29, 1.82) is 0 Å². The van der Waals surface area contributed by atoms with E-state index in [9.17, 15) is 4.79 Å². The van der Waals surface area contributed by atoms with Crippen LogP contribution in [0.15, 0.2) is 0 Å². The number of nitrogens with zero attached hydrogens (tertiary/aromatic N) is 2. The van der Waals surface area contributed by atoms with Crippen LogP contribution in [0.5, 0.6) is 0 Å². The molecule has 0 unspecified atom stereocenters. The van der Waals surface area contributed by atoms with Gasteiger partial charge in [0.25, 0.3) is 0 Å². The van der Waals surface area contributed by atoms with E-state index in [-0.39, 0.29) is 0 Å².